The van der Waals surface area contributed by atoms with Gasteiger partial charge in [-0.05, 0) is 18.6 Å². The monoisotopic (exact) mass is 282 g/mol. The van der Waals surface area contributed by atoms with Gasteiger partial charge in [0.2, 0.25) is 0 Å². The number of unbranched alkanes of at least 4 members (excludes halogenated alkanes) is 9. The number of rotatable bonds is 12. The zero-order chi connectivity index (χ0) is 13.0. The van der Waals surface area contributed by atoms with Gasteiger partial charge in [-0.3, -0.25) is 4.57 Å². The highest BCUT2D eigenvalue weighted by molar-refractivity contribution is 7.80. The van der Waals surface area contributed by atoms with E-state index < -0.39 is 7.60 Å². The van der Waals surface area contributed by atoms with Crippen LogP contribution in [0.4, 0.5) is 0 Å². The highest BCUT2D eigenvalue weighted by Gasteiger charge is 2.10. The highest BCUT2D eigenvalue weighted by atomic mass is 32.1. The lowest BCUT2D eigenvalue weighted by atomic mass is 10.1. The molecule has 0 aliphatic rings. The molecule has 0 radical (unpaired) electrons. The van der Waals surface area contributed by atoms with E-state index in [1.54, 1.807) is 0 Å². The molecule has 0 bridgehead atoms. The average Bonchev–Trinajstić information content (AvgIpc) is 2.24. The third-order valence-corrected chi connectivity index (χ3v) is 4.07. The fourth-order valence-electron chi connectivity index (χ4n) is 1.84. The normalized spacial score (nSPS) is 11.9. The van der Waals surface area contributed by atoms with Gasteiger partial charge in [0.25, 0.3) is 0 Å². The third-order valence-electron chi connectivity index (χ3n) is 2.86. The van der Waals surface area contributed by atoms with Crippen LogP contribution < -0.4 is 0 Å². The minimum absolute atomic E-state index is 0.0523. The Hall–Kier alpha value is 0.500. The molecule has 17 heavy (non-hydrogen) atoms. The van der Waals surface area contributed by atoms with Crippen molar-refractivity contribution >= 4 is 20.2 Å². The molecule has 0 unspecified atom stereocenters. The molecule has 0 amide bonds. The zero-order valence-corrected chi connectivity index (χ0v) is 12.5. The van der Waals surface area contributed by atoms with E-state index >= 15 is 0 Å². The van der Waals surface area contributed by atoms with Crippen LogP contribution in [0, 0.1) is 0 Å². The van der Waals surface area contributed by atoms with Crippen molar-refractivity contribution in [2.24, 2.45) is 0 Å². The lowest BCUT2D eigenvalue weighted by Gasteiger charge is -2.04. The summed E-state index contributed by atoms with van der Waals surface area (Å²) in [6.45, 7) is 0. The predicted octanol–water partition coefficient (Wildman–Crippen LogP) is 3.99. The molecule has 0 spiro atoms. The van der Waals surface area contributed by atoms with Crippen LogP contribution >= 0.6 is 20.2 Å². The smallest absolute Gasteiger partial charge is 0.324 e. The summed E-state index contributed by atoms with van der Waals surface area (Å²) in [5, 5.41) is 0. The van der Waals surface area contributed by atoms with E-state index in [0.717, 1.165) is 18.6 Å². The molecule has 2 N–H and O–H groups in total. The van der Waals surface area contributed by atoms with Gasteiger partial charge < -0.3 is 9.79 Å². The van der Waals surface area contributed by atoms with Crippen molar-refractivity contribution in [1.82, 2.24) is 0 Å². The Bertz CT molecular complexity index is 206. The van der Waals surface area contributed by atoms with Crippen molar-refractivity contribution in [3.05, 3.63) is 0 Å². The molecule has 104 valence electrons. The predicted molar refractivity (Wildman–Crippen MR) is 76.9 cm³/mol. The van der Waals surface area contributed by atoms with Crippen LogP contribution in [0.1, 0.15) is 64.2 Å². The van der Waals surface area contributed by atoms with E-state index in [2.05, 4.69) is 12.6 Å². The summed E-state index contributed by atoms with van der Waals surface area (Å²) in [5.74, 6) is 1.000. The molecule has 0 atom stereocenters. The van der Waals surface area contributed by atoms with Gasteiger partial charge in [-0.1, -0.05) is 51.4 Å². The van der Waals surface area contributed by atoms with Crippen LogP contribution in [0.2, 0.25) is 0 Å². The Morgan fingerprint density at radius 1 is 0.706 bits per heavy atom. The van der Waals surface area contributed by atoms with Crippen LogP contribution in [0.5, 0.6) is 0 Å². The quantitative estimate of drug-likeness (QED) is 0.288. The molecular weight excluding hydrogens is 255 g/mol. The van der Waals surface area contributed by atoms with E-state index in [9.17, 15) is 4.57 Å². The lowest BCUT2D eigenvalue weighted by molar-refractivity contribution is 0.370. The van der Waals surface area contributed by atoms with Gasteiger partial charge in [0.15, 0.2) is 0 Å². The van der Waals surface area contributed by atoms with Gasteiger partial charge in [0.05, 0.1) is 0 Å². The molecule has 0 aromatic rings. The first-order valence-corrected chi connectivity index (χ1v) is 9.15. The second kappa shape index (κ2) is 11.6. The first-order valence-electron chi connectivity index (χ1n) is 6.72. The van der Waals surface area contributed by atoms with Crippen LogP contribution in [-0.2, 0) is 4.57 Å². The molecule has 0 aromatic heterocycles. The third kappa shape index (κ3) is 16.5. The van der Waals surface area contributed by atoms with Gasteiger partial charge in [-0.25, -0.2) is 0 Å². The molecule has 5 heteroatoms. The SMILES string of the molecule is O=P(O)(O)CCCCCCCCCCCCS. The standard InChI is InChI=1S/C12H27O3PS/c13-16(14,15)11-9-7-5-3-1-2-4-6-8-10-12-17/h17H,1-12H2,(H2,13,14,15). The fourth-order valence-corrected chi connectivity index (χ4v) is 2.70. The summed E-state index contributed by atoms with van der Waals surface area (Å²) in [5.41, 5.74) is 0. The van der Waals surface area contributed by atoms with Gasteiger partial charge in [-0.2, -0.15) is 12.6 Å². The number of thiol groups is 1. The summed E-state index contributed by atoms with van der Waals surface area (Å²) < 4.78 is 10.6. The zero-order valence-electron chi connectivity index (χ0n) is 10.7. The van der Waals surface area contributed by atoms with E-state index in [1.807, 2.05) is 0 Å². The van der Waals surface area contributed by atoms with Gasteiger partial charge in [-0.15, -0.1) is 0 Å². The van der Waals surface area contributed by atoms with Crippen LogP contribution in [-0.4, -0.2) is 21.7 Å². The van der Waals surface area contributed by atoms with Gasteiger partial charge in [0.1, 0.15) is 0 Å². The van der Waals surface area contributed by atoms with Crippen molar-refractivity contribution in [1.29, 1.82) is 0 Å². The van der Waals surface area contributed by atoms with Crippen LogP contribution in [0.15, 0.2) is 0 Å². The van der Waals surface area contributed by atoms with Gasteiger partial charge in [0, 0.05) is 6.16 Å². The molecule has 0 heterocycles. The van der Waals surface area contributed by atoms with E-state index in [1.165, 1.54) is 44.9 Å². The summed E-state index contributed by atoms with van der Waals surface area (Å²) in [7, 11) is -3.75. The van der Waals surface area contributed by atoms with Crippen LogP contribution in [0.3, 0.4) is 0 Å². The number of hydrogen-bond donors (Lipinski definition) is 3. The molecule has 0 aromatic carbocycles. The van der Waals surface area contributed by atoms with Crippen molar-refractivity contribution < 1.29 is 14.4 Å². The summed E-state index contributed by atoms with van der Waals surface area (Å²) in [6, 6.07) is 0. The maximum Gasteiger partial charge on any atom is 0.325 e. The molecular formula is C12H27O3PS. The Morgan fingerprint density at radius 3 is 1.41 bits per heavy atom. The number of hydrogen-bond acceptors (Lipinski definition) is 2. The highest BCUT2D eigenvalue weighted by Crippen LogP contribution is 2.35. The molecule has 0 saturated carbocycles. The first kappa shape index (κ1) is 17.5. The minimum atomic E-state index is -3.75. The topological polar surface area (TPSA) is 57.5 Å². The molecule has 0 rings (SSSR count). The molecule has 0 aliphatic heterocycles. The second-order valence-electron chi connectivity index (χ2n) is 4.65. The van der Waals surface area contributed by atoms with Crippen molar-refractivity contribution in [2.75, 3.05) is 11.9 Å². The first-order chi connectivity index (χ1) is 8.06. The Labute approximate surface area is 111 Å². The second-order valence-corrected chi connectivity index (χ2v) is 6.87. The van der Waals surface area contributed by atoms with Crippen molar-refractivity contribution in [2.45, 2.75) is 64.2 Å². The average molecular weight is 282 g/mol. The van der Waals surface area contributed by atoms with E-state index in [4.69, 9.17) is 9.79 Å². The van der Waals surface area contributed by atoms with E-state index in [-0.39, 0.29) is 6.16 Å². The van der Waals surface area contributed by atoms with E-state index in [0.29, 0.717) is 6.42 Å². The van der Waals surface area contributed by atoms with Gasteiger partial charge >= 0.3 is 7.60 Å². The summed E-state index contributed by atoms with van der Waals surface area (Å²) in [4.78, 5) is 17.3. The molecule has 0 saturated heterocycles. The fraction of sp³-hybridized carbons (Fsp3) is 1.00. The largest absolute Gasteiger partial charge is 0.325 e. The Morgan fingerprint density at radius 2 is 1.06 bits per heavy atom. The minimum Gasteiger partial charge on any atom is -0.324 e. The van der Waals surface area contributed by atoms with Crippen molar-refractivity contribution in [3.63, 3.8) is 0 Å². The molecule has 0 fully saturated rings. The summed E-state index contributed by atoms with van der Waals surface area (Å²) >= 11 is 4.18. The summed E-state index contributed by atoms with van der Waals surface area (Å²) in [6.07, 6.45) is 11.7. The molecule has 3 nitrogen and oxygen atoms in total. The van der Waals surface area contributed by atoms with Crippen molar-refractivity contribution in [3.8, 4) is 0 Å². The Kier molecular flexibility index (Phi) is 11.9. The molecule has 0 aliphatic carbocycles. The lowest BCUT2D eigenvalue weighted by Crippen LogP contribution is -1.88. The Balaban J connectivity index is 3.01. The van der Waals surface area contributed by atoms with Crippen LogP contribution in [0.25, 0.3) is 0 Å². The maximum atomic E-state index is 10.6. The maximum absolute atomic E-state index is 10.6.